The molecule has 19 heavy (non-hydrogen) atoms. The first-order chi connectivity index (χ1) is 9.04. The van der Waals surface area contributed by atoms with Crippen LogP contribution in [-0.2, 0) is 0 Å². The van der Waals surface area contributed by atoms with Crippen LogP contribution in [0.25, 0.3) is 0 Å². The quantitative estimate of drug-likeness (QED) is 0.837. The number of rotatable bonds is 4. The predicted molar refractivity (Wildman–Crippen MR) is 83.4 cm³/mol. The van der Waals surface area contributed by atoms with Crippen molar-refractivity contribution >= 4 is 0 Å². The second-order valence-corrected chi connectivity index (χ2v) is 7.61. The molecule has 1 aliphatic heterocycles. The molecule has 0 radical (unpaired) electrons. The lowest BCUT2D eigenvalue weighted by Gasteiger charge is -2.42. The molecule has 112 valence electrons. The van der Waals surface area contributed by atoms with Gasteiger partial charge in [-0.3, -0.25) is 0 Å². The van der Waals surface area contributed by atoms with Crippen LogP contribution in [0.3, 0.4) is 0 Å². The molecule has 0 aromatic heterocycles. The Bertz CT molecular complexity index is 246. The Morgan fingerprint density at radius 2 is 1.58 bits per heavy atom. The van der Waals surface area contributed by atoms with Gasteiger partial charge in [-0.2, -0.15) is 0 Å². The Balaban J connectivity index is 1.73. The summed E-state index contributed by atoms with van der Waals surface area (Å²) in [4.78, 5) is 2.80. The predicted octanol–water partition coefficient (Wildman–Crippen LogP) is 3.52. The van der Waals surface area contributed by atoms with Crippen molar-refractivity contribution in [1.82, 2.24) is 10.2 Å². The Morgan fingerprint density at radius 1 is 1.00 bits per heavy atom. The van der Waals surface area contributed by atoms with Crippen LogP contribution in [0.1, 0.15) is 59.8 Å². The Labute approximate surface area is 120 Å². The molecule has 2 nitrogen and oxygen atoms in total. The van der Waals surface area contributed by atoms with Crippen molar-refractivity contribution in [3.05, 3.63) is 0 Å². The summed E-state index contributed by atoms with van der Waals surface area (Å²) in [6.45, 7) is 13.3. The van der Waals surface area contributed by atoms with Gasteiger partial charge in [-0.1, -0.05) is 27.7 Å². The molecule has 0 bridgehead atoms. The van der Waals surface area contributed by atoms with Gasteiger partial charge in [0.2, 0.25) is 0 Å². The number of likely N-dealkylation sites (tertiary alicyclic amines) is 1. The van der Waals surface area contributed by atoms with E-state index in [1.807, 2.05) is 0 Å². The molecule has 1 saturated carbocycles. The standard InChI is InChI=1S/C17H34N2/c1-13(2)18-12-16-5-7-19(8-6-16)17-10-14(3)9-15(4)11-17/h13-18H,5-12H2,1-4H3. The zero-order valence-corrected chi connectivity index (χ0v) is 13.5. The van der Waals surface area contributed by atoms with Crippen molar-refractivity contribution in [1.29, 1.82) is 0 Å². The largest absolute Gasteiger partial charge is 0.314 e. The lowest BCUT2D eigenvalue weighted by Crippen LogP contribution is -2.46. The summed E-state index contributed by atoms with van der Waals surface area (Å²) in [5.74, 6) is 2.79. The topological polar surface area (TPSA) is 15.3 Å². The number of nitrogens with one attached hydrogen (secondary N) is 1. The van der Waals surface area contributed by atoms with E-state index in [1.54, 1.807) is 0 Å². The number of nitrogens with zero attached hydrogens (tertiary/aromatic N) is 1. The Kier molecular flexibility index (Phi) is 5.70. The first-order valence-corrected chi connectivity index (χ1v) is 8.52. The number of hydrogen-bond donors (Lipinski definition) is 1. The molecule has 2 atom stereocenters. The lowest BCUT2D eigenvalue weighted by atomic mass is 9.79. The number of piperidine rings is 1. The smallest absolute Gasteiger partial charge is 0.0100 e. The van der Waals surface area contributed by atoms with Crippen LogP contribution in [-0.4, -0.2) is 36.6 Å². The summed E-state index contributed by atoms with van der Waals surface area (Å²) in [5.41, 5.74) is 0. The zero-order valence-electron chi connectivity index (χ0n) is 13.5. The lowest BCUT2D eigenvalue weighted by molar-refractivity contribution is 0.0751. The van der Waals surface area contributed by atoms with Crippen molar-refractivity contribution < 1.29 is 0 Å². The summed E-state index contributed by atoms with van der Waals surface area (Å²) in [6, 6.07) is 1.52. The highest BCUT2D eigenvalue weighted by Gasteiger charge is 2.30. The molecule has 0 aromatic rings. The van der Waals surface area contributed by atoms with Gasteiger partial charge in [-0.15, -0.1) is 0 Å². The van der Waals surface area contributed by atoms with Crippen LogP contribution in [0.5, 0.6) is 0 Å². The van der Waals surface area contributed by atoms with Crippen molar-refractivity contribution in [2.45, 2.75) is 71.9 Å². The maximum absolute atomic E-state index is 3.61. The average Bonchev–Trinajstić information content (AvgIpc) is 2.36. The van der Waals surface area contributed by atoms with E-state index in [1.165, 1.54) is 51.7 Å². The second-order valence-electron chi connectivity index (χ2n) is 7.61. The summed E-state index contributed by atoms with van der Waals surface area (Å²) in [7, 11) is 0. The van der Waals surface area contributed by atoms with E-state index in [-0.39, 0.29) is 0 Å². The van der Waals surface area contributed by atoms with E-state index in [4.69, 9.17) is 0 Å². The molecule has 0 aromatic carbocycles. The molecule has 0 spiro atoms. The van der Waals surface area contributed by atoms with Crippen molar-refractivity contribution in [3.63, 3.8) is 0 Å². The minimum Gasteiger partial charge on any atom is -0.314 e. The molecule has 2 rings (SSSR count). The third kappa shape index (κ3) is 4.75. The van der Waals surface area contributed by atoms with E-state index in [2.05, 4.69) is 37.9 Å². The highest BCUT2D eigenvalue weighted by atomic mass is 15.2. The van der Waals surface area contributed by atoms with Crippen molar-refractivity contribution in [3.8, 4) is 0 Å². The third-order valence-corrected chi connectivity index (χ3v) is 5.13. The van der Waals surface area contributed by atoms with Gasteiger partial charge >= 0.3 is 0 Å². The fourth-order valence-electron chi connectivity index (χ4n) is 4.13. The first-order valence-electron chi connectivity index (χ1n) is 8.52. The summed E-state index contributed by atoms with van der Waals surface area (Å²) < 4.78 is 0. The molecular weight excluding hydrogens is 232 g/mol. The molecule has 2 unspecified atom stereocenters. The van der Waals surface area contributed by atoms with Crippen molar-refractivity contribution in [2.75, 3.05) is 19.6 Å². The molecule has 1 N–H and O–H groups in total. The molecule has 2 heteroatoms. The maximum Gasteiger partial charge on any atom is 0.0100 e. The fourth-order valence-corrected chi connectivity index (χ4v) is 4.13. The zero-order chi connectivity index (χ0) is 13.8. The SMILES string of the molecule is CC1CC(C)CC(N2CCC(CNC(C)C)CC2)C1. The minimum atomic E-state index is 0.637. The van der Waals surface area contributed by atoms with Gasteiger partial charge in [0.1, 0.15) is 0 Å². The van der Waals surface area contributed by atoms with E-state index in [0.29, 0.717) is 6.04 Å². The minimum absolute atomic E-state index is 0.637. The van der Waals surface area contributed by atoms with Gasteiger partial charge in [0.15, 0.2) is 0 Å². The molecule has 1 heterocycles. The first kappa shape index (κ1) is 15.3. The highest BCUT2D eigenvalue weighted by molar-refractivity contribution is 4.85. The average molecular weight is 266 g/mol. The van der Waals surface area contributed by atoms with E-state index in [9.17, 15) is 0 Å². The van der Waals surface area contributed by atoms with E-state index < -0.39 is 0 Å². The maximum atomic E-state index is 3.61. The molecule has 1 saturated heterocycles. The Morgan fingerprint density at radius 3 is 2.11 bits per heavy atom. The van der Waals surface area contributed by atoms with Gasteiger partial charge in [0.05, 0.1) is 0 Å². The van der Waals surface area contributed by atoms with Gasteiger partial charge in [-0.05, 0) is 69.5 Å². The molecule has 0 amide bonds. The molecule has 2 fully saturated rings. The van der Waals surface area contributed by atoms with E-state index >= 15 is 0 Å². The van der Waals surface area contributed by atoms with E-state index in [0.717, 1.165) is 23.8 Å². The van der Waals surface area contributed by atoms with Crippen LogP contribution in [0.15, 0.2) is 0 Å². The summed E-state index contributed by atoms with van der Waals surface area (Å²) >= 11 is 0. The third-order valence-electron chi connectivity index (χ3n) is 5.13. The normalized spacial score (nSPS) is 34.9. The summed E-state index contributed by atoms with van der Waals surface area (Å²) in [5, 5.41) is 3.61. The summed E-state index contributed by atoms with van der Waals surface area (Å²) in [6.07, 6.45) is 7.14. The van der Waals surface area contributed by atoms with Crippen LogP contribution >= 0.6 is 0 Å². The van der Waals surface area contributed by atoms with Crippen LogP contribution in [0.2, 0.25) is 0 Å². The van der Waals surface area contributed by atoms with Gasteiger partial charge in [-0.25, -0.2) is 0 Å². The van der Waals surface area contributed by atoms with Crippen LogP contribution < -0.4 is 5.32 Å². The number of hydrogen-bond acceptors (Lipinski definition) is 2. The highest BCUT2D eigenvalue weighted by Crippen LogP contribution is 2.33. The second kappa shape index (κ2) is 7.08. The molecule has 2 aliphatic rings. The van der Waals surface area contributed by atoms with Crippen LogP contribution in [0.4, 0.5) is 0 Å². The van der Waals surface area contributed by atoms with Gasteiger partial charge in [0.25, 0.3) is 0 Å². The Hall–Kier alpha value is -0.0800. The fraction of sp³-hybridized carbons (Fsp3) is 1.00. The van der Waals surface area contributed by atoms with Gasteiger partial charge < -0.3 is 10.2 Å². The van der Waals surface area contributed by atoms with Crippen LogP contribution in [0, 0.1) is 17.8 Å². The van der Waals surface area contributed by atoms with Gasteiger partial charge in [0, 0.05) is 12.1 Å². The molecular formula is C17H34N2. The van der Waals surface area contributed by atoms with Crippen molar-refractivity contribution in [2.24, 2.45) is 17.8 Å². The molecule has 1 aliphatic carbocycles. The monoisotopic (exact) mass is 266 g/mol.